The van der Waals surface area contributed by atoms with Crippen LogP contribution < -0.4 is 10.6 Å². The number of anilines is 1. The van der Waals surface area contributed by atoms with E-state index in [1.165, 1.54) is 31.3 Å². The number of rotatable bonds is 4. The summed E-state index contributed by atoms with van der Waals surface area (Å²) in [6, 6.07) is 9.42. The van der Waals surface area contributed by atoms with Crippen molar-refractivity contribution in [1.82, 2.24) is 5.32 Å². The third-order valence-electron chi connectivity index (χ3n) is 3.37. The molecule has 0 heterocycles. The van der Waals surface area contributed by atoms with Crippen LogP contribution in [-0.4, -0.2) is 11.7 Å². The van der Waals surface area contributed by atoms with Crippen molar-refractivity contribution < 1.29 is 0 Å². The molecule has 104 valence electrons. The average molecular weight is 285 g/mol. The summed E-state index contributed by atoms with van der Waals surface area (Å²) < 4.78 is 0. The fourth-order valence-corrected chi connectivity index (χ4v) is 2.53. The first-order valence-corrected chi connectivity index (χ1v) is 7.41. The number of thiocarbonyl (C=S) groups is 1. The Hall–Kier alpha value is -1.86. The lowest BCUT2D eigenvalue weighted by molar-refractivity contribution is 0.669. The molecule has 0 radical (unpaired) electrons. The molecule has 0 atom stereocenters. The zero-order chi connectivity index (χ0) is 14.2. The summed E-state index contributed by atoms with van der Waals surface area (Å²) in [5.74, 6) is 0. The Labute approximate surface area is 125 Å². The van der Waals surface area contributed by atoms with Gasteiger partial charge in [-0.25, -0.2) is 0 Å². The molecule has 0 spiro atoms. The van der Waals surface area contributed by atoms with Gasteiger partial charge in [-0.3, -0.25) is 0 Å². The monoisotopic (exact) mass is 285 g/mol. The number of nitriles is 1. The van der Waals surface area contributed by atoms with Crippen molar-refractivity contribution >= 4 is 23.0 Å². The van der Waals surface area contributed by atoms with Crippen LogP contribution in [0.3, 0.4) is 0 Å². The van der Waals surface area contributed by atoms with Crippen LogP contribution in [0.25, 0.3) is 0 Å². The van der Waals surface area contributed by atoms with Crippen LogP contribution >= 0.6 is 12.2 Å². The summed E-state index contributed by atoms with van der Waals surface area (Å²) >= 11 is 5.26. The van der Waals surface area contributed by atoms with Gasteiger partial charge in [-0.1, -0.05) is 17.7 Å². The molecule has 2 rings (SSSR count). The van der Waals surface area contributed by atoms with Crippen LogP contribution in [-0.2, 0) is 0 Å². The number of hydrogen-bond donors (Lipinski definition) is 2. The summed E-state index contributed by atoms with van der Waals surface area (Å²) in [4.78, 5) is 0. The molecular weight excluding hydrogens is 266 g/mol. The van der Waals surface area contributed by atoms with Gasteiger partial charge in [0.05, 0.1) is 11.6 Å². The summed E-state index contributed by atoms with van der Waals surface area (Å²) in [6.45, 7) is 0.857. The van der Waals surface area contributed by atoms with Gasteiger partial charge in [-0.15, -0.1) is 0 Å². The normalized spacial score (nSPS) is 14.1. The maximum atomic E-state index is 8.85. The van der Waals surface area contributed by atoms with Crippen molar-refractivity contribution in [2.45, 2.75) is 32.1 Å². The Kier molecular flexibility index (Phi) is 5.57. The van der Waals surface area contributed by atoms with E-state index in [1.807, 2.05) is 12.1 Å². The largest absolute Gasteiger partial charge is 0.362 e. The van der Waals surface area contributed by atoms with Gasteiger partial charge in [0.1, 0.15) is 0 Å². The topological polar surface area (TPSA) is 47.9 Å². The third kappa shape index (κ3) is 4.67. The fourth-order valence-electron chi connectivity index (χ4n) is 2.31. The van der Waals surface area contributed by atoms with Gasteiger partial charge >= 0.3 is 0 Å². The van der Waals surface area contributed by atoms with Crippen LogP contribution in [0.1, 0.15) is 37.7 Å². The minimum atomic E-state index is 0.608. The van der Waals surface area contributed by atoms with Crippen molar-refractivity contribution in [2.75, 3.05) is 11.9 Å². The van der Waals surface area contributed by atoms with Crippen molar-refractivity contribution in [1.29, 1.82) is 5.26 Å². The zero-order valence-electron chi connectivity index (χ0n) is 11.5. The lowest BCUT2D eigenvalue weighted by Gasteiger charge is -2.14. The smallest absolute Gasteiger partial charge is 0.170 e. The number of benzene rings is 1. The molecule has 0 amide bonds. The second-order valence-corrected chi connectivity index (χ2v) is 5.34. The highest BCUT2D eigenvalue weighted by atomic mass is 32.1. The van der Waals surface area contributed by atoms with Crippen molar-refractivity contribution in [2.24, 2.45) is 0 Å². The molecule has 1 aliphatic rings. The van der Waals surface area contributed by atoms with Gasteiger partial charge in [0.2, 0.25) is 0 Å². The minimum Gasteiger partial charge on any atom is -0.362 e. The molecule has 4 heteroatoms. The Morgan fingerprint density at radius 2 is 2.25 bits per heavy atom. The van der Waals surface area contributed by atoms with E-state index in [1.54, 1.807) is 12.1 Å². The standard InChI is InChI=1S/C16H19N3S/c17-12-14-7-4-8-15(11-14)19-16(20)18-10-9-13-5-2-1-3-6-13/h4-5,7-8,11H,1-3,6,9-10H2,(H2,18,19,20). The van der Waals surface area contributed by atoms with Gasteiger partial charge in [-0.2, -0.15) is 5.26 Å². The van der Waals surface area contributed by atoms with Crippen LogP contribution in [0.4, 0.5) is 5.69 Å². The maximum absolute atomic E-state index is 8.85. The van der Waals surface area contributed by atoms with E-state index in [2.05, 4.69) is 22.8 Å². The summed E-state index contributed by atoms with van der Waals surface area (Å²) in [5, 5.41) is 15.8. The molecular formula is C16H19N3S. The highest BCUT2D eigenvalue weighted by molar-refractivity contribution is 7.80. The Bertz CT molecular complexity index is 543. The van der Waals surface area contributed by atoms with E-state index < -0.39 is 0 Å². The summed E-state index contributed by atoms with van der Waals surface area (Å²) in [7, 11) is 0. The molecule has 3 nitrogen and oxygen atoms in total. The molecule has 1 aromatic rings. The number of hydrogen-bond acceptors (Lipinski definition) is 2. The minimum absolute atomic E-state index is 0.608. The van der Waals surface area contributed by atoms with Crippen LogP contribution in [0.15, 0.2) is 35.9 Å². The van der Waals surface area contributed by atoms with Gasteiger partial charge < -0.3 is 10.6 Å². The van der Waals surface area contributed by atoms with Gasteiger partial charge in [0, 0.05) is 12.2 Å². The quantitative estimate of drug-likeness (QED) is 0.653. The highest BCUT2D eigenvalue weighted by Gasteiger charge is 2.04. The van der Waals surface area contributed by atoms with E-state index in [-0.39, 0.29) is 0 Å². The first-order chi connectivity index (χ1) is 9.78. The highest BCUT2D eigenvalue weighted by Crippen LogP contribution is 2.19. The van der Waals surface area contributed by atoms with Gasteiger partial charge in [0.15, 0.2) is 5.11 Å². The summed E-state index contributed by atoms with van der Waals surface area (Å²) in [6.07, 6.45) is 8.50. The van der Waals surface area contributed by atoms with Crippen LogP contribution in [0.2, 0.25) is 0 Å². The van der Waals surface area contributed by atoms with E-state index in [4.69, 9.17) is 17.5 Å². The van der Waals surface area contributed by atoms with Gasteiger partial charge in [0.25, 0.3) is 0 Å². The molecule has 1 aliphatic carbocycles. The first kappa shape index (κ1) is 14.5. The van der Waals surface area contributed by atoms with Crippen LogP contribution in [0.5, 0.6) is 0 Å². The van der Waals surface area contributed by atoms with Crippen LogP contribution in [0, 0.1) is 11.3 Å². The molecule has 2 N–H and O–H groups in total. The molecule has 0 bridgehead atoms. The molecule has 0 aliphatic heterocycles. The van der Waals surface area contributed by atoms with E-state index in [9.17, 15) is 0 Å². The third-order valence-corrected chi connectivity index (χ3v) is 3.61. The van der Waals surface area contributed by atoms with Crippen molar-refractivity contribution in [3.63, 3.8) is 0 Å². The number of allylic oxidation sites excluding steroid dienone is 1. The SMILES string of the molecule is N#Cc1cccc(NC(=S)NCCC2=CCCCC2)c1. The Morgan fingerprint density at radius 1 is 1.35 bits per heavy atom. The average Bonchev–Trinajstić information content (AvgIpc) is 2.48. The Balaban J connectivity index is 1.75. The predicted molar refractivity (Wildman–Crippen MR) is 86.5 cm³/mol. The van der Waals surface area contributed by atoms with E-state index in [0.29, 0.717) is 10.7 Å². The molecule has 1 aromatic carbocycles. The number of nitrogens with zero attached hydrogens (tertiary/aromatic N) is 1. The Morgan fingerprint density at radius 3 is 3.00 bits per heavy atom. The molecule has 0 unspecified atom stereocenters. The van der Waals surface area contributed by atoms with E-state index >= 15 is 0 Å². The second-order valence-electron chi connectivity index (χ2n) is 4.93. The molecule has 0 saturated heterocycles. The fraction of sp³-hybridized carbons (Fsp3) is 0.375. The van der Waals surface area contributed by atoms with Crippen molar-refractivity contribution in [3.8, 4) is 6.07 Å². The first-order valence-electron chi connectivity index (χ1n) is 7.01. The molecule has 0 aromatic heterocycles. The second kappa shape index (κ2) is 7.66. The maximum Gasteiger partial charge on any atom is 0.170 e. The predicted octanol–water partition coefficient (Wildman–Crippen LogP) is 3.74. The zero-order valence-corrected chi connectivity index (χ0v) is 12.3. The van der Waals surface area contributed by atoms with Gasteiger partial charge in [-0.05, 0) is 62.5 Å². The van der Waals surface area contributed by atoms with E-state index in [0.717, 1.165) is 18.7 Å². The summed E-state index contributed by atoms with van der Waals surface area (Å²) in [5.41, 5.74) is 3.02. The number of nitrogens with one attached hydrogen (secondary N) is 2. The molecule has 0 fully saturated rings. The lowest BCUT2D eigenvalue weighted by atomic mass is 9.97. The lowest BCUT2D eigenvalue weighted by Crippen LogP contribution is -2.29. The molecule has 20 heavy (non-hydrogen) atoms. The molecule has 0 saturated carbocycles. The van der Waals surface area contributed by atoms with Crippen molar-refractivity contribution in [3.05, 3.63) is 41.5 Å².